The van der Waals surface area contributed by atoms with E-state index in [1.807, 2.05) is 30.3 Å². The van der Waals surface area contributed by atoms with Gasteiger partial charge in [-0.05, 0) is 44.0 Å². The fourth-order valence-corrected chi connectivity index (χ4v) is 4.68. The molecule has 1 fully saturated rings. The highest BCUT2D eigenvalue weighted by molar-refractivity contribution is 6.26. The number of morpholine rings is 1. The maximum absolute atomic E-state index is 13.0. The number of anilines is 1. The van der Waals surface area contributed by atoms with E-state index in [0.717, 1.165) is 68.6 Å². The summed E-state index contributed by atoms with van der Waals surface area (Å²) in [6, 6.07) is 9.65. The summed E-state index contributed by atoms with van der Waals surface area (Å²) in [4.78, 5) is 29.9. The van der Waals surface area contributed by atoms with Gasteiger partial charge in [0.25, 0.3) is 11.8 Å². The first kappa shape index (κ1) is 22.7. The fourth-order valence-electron chi connectivity index (χ4n) is 4.68. The number of rotatable bonds is 11. The van der Waals surface area contributed by atoms with Gasteiger partial charge < -0.3 is 10.1 Å². The molecule has 0 atom stereocenters. The van der Waals surface area contributed by atoms with Gasteiger partial charge in [-0.1, -0.05) is 38.3 Å². The Morgan fingerprint density at radius 3 is 2.41 bits per heavy atom. The number of benzene rings is 2. The Morgan fingerprint density at radius 1 is 0.875 bits per heavy atom. The minimum atomic E-state index is -0.168. The van der Waals surface area contributed by atoms with Gasteiger partial charge in [-0.3, -0.25) is 19.4 Å². The molecular weight excluding hydrogens is 402 g/mol. The highest BCUT2D eigenvalue weighted by Crippen LogP contribution is 2.34. The van der Waals surface area contributed by atoms with E-state index >= 15 is 0 Å². The monoisotopic (exact) mass is 437 g/mol. The number of hydrogen-bond donors (Lipinski definition) is 1. The molecule has 2 aromatic carbocycles. The normalized spacial score (nSPS) is 16.7. The third kappa shape index (κ3) is 4.97. The van der Waals surface area contributed by atoms with Gasteiger partial charge in [-0.15, -0.1) is 0 Å². The fraction of sp³-hybridized carbons (Fsp3) is 0.538. The average molecular weight is 438 g/mol. The molecule has 172 valence electrons. The zero-order chi connectivity index (χ0) is 22.3. The molecule has 0 aliphatic carbocycles. The van der Waals surface area contributed by atoms with Gasteiger partial charge in [0.05, 0.1) is 13.2 Å². The molecular formula is C26H35N3O3. The standard InChI is InChI=1S/C26H35N3O3/c1-2-3-15-29-25(30)21-10-8-9-20-23(12-11-22(24(20)21)26(29)31)27-13-6-4-5-7-14-28-16-18-32-19-17-28/h8-12,27H,2-7,13-19H2,1H3. The average Bonchev–Trinajstić information content (AvgIpc) is 2.83. The van der Waals surface area contributed by atoms with Crippen LogP contribution in [0.5, 0.6) is 0 Å². The van der Waals surface area contributed by atoms with Crippen LogP contribution in [0.1, 0.15) is 66.2 Å². The molecule has 2 aliphatic rings. The summed E-state index contributed by atoms with van der Waals surface area (Å²) in [7, 11) is 0. The largest absolute Gasteiger partial charge is 0.385 e. The summed E-state index contributed by atoms with van der Waals surface area (Å²) in [6.07, 6.45) is 6.55. The minimum Gasteiger partial charge on any atom is -0.385 e. The van der Waals surface area contributed by atoms with E-state index in [1.165, 1.54) is 30.7 Å². The zero-order valence-electron chi connectivity index (χ0n) is 19.2. The second-order valence-corrected chi connectivity index (χ2v) is 8.80. The van der Waals surface area contributed by atoms with Gasteiger partial charge >= 0.3 is 0 Å². The molecule has 2 aliphatic heterocycles. The van der Waals surface area contributed by atoms with Crippen LogP contribution in [0, 0.1) is 0 Å². The summed E-state index contributed by atoms with van der Waals surface area (Å²) < 4.78 is 5.40. The number of nitrogens with one attached hydrogen (secondary N) is 1. The minimum absolute atomic E-state index is 0.168. The number of carbonyl (C=O) groups excluding carboxylic acids is 2. The van der Waals surface area contributed by atoms with Gasteiger partial charge in [0.1, 0.15) is 0 Å². The van der Waals surface area contributed by atoms with Crippen LogP contribution in [-0.4, -0.2) is 67.6 Å². The molecule has 0 spiro atoms. The van der Waals surface area contributed by atoms with Crippen molar-refractivity contribution in [1.82, 2.24) is 9.80 Å². The molecule has 0 bridgehead atoms. The molecule has 6 heteroatoms. The van der Waals surface area contributed by atoms with Crippen molar-refractivity contribution < 1.29 is 14.3 Å². The molecule has 0 radical (unpaired) electrons. The van der Waals surface area contributed by atoms with Gasteiger partial charge in [0.15, 0.2) is 0 Å². The molecule has 32 heavy (non-hydrogen) atoms. The number of hydrogen-bond acceptors (Lipinski definition) is 5. The molecule has 0 aromatic heterocycles. The third-order valence-electron chi connectivity index (χ3n) is 6.55. The van der Waals surface area contributed by atoms with Crippen LogP contribution in [-0.2, 0) is 4.74 Å². The van der Waals surface area contributed by atoms with Gasteiger partial charge in [0, 0.05) is 53.8 Å². The van der Waals surface area contributed by atoms with E-state index < -0.39 is 0 Å². The molecule has 0 unspecified atom stereocenters. The maximum Gasteiger partial charge on any atom is 0.261 e. The van der Waals surface area contributed by atoms with Gasteiger partial charge in [-0.25, -0.2) is 0 Å². The van der Waals surface area contributed by atoms with Gasteiger partial charge in [-0.2, -0.15) is 0 Å². The summed E-state index contributed by atoms with van der Waals surface area (Å²) in [5, 5.41) is 5.30. The van der Waals surface area contributed by atoms with Crippen molar-refractivity contribution in [2.75, 3.05) is 51.3 Å². The van der Waals surface area contributed by atoms with E-state index in [-0.39, 0.29) is 11.8 Å². The molecule has 2 aromatic rings. The maximum atomic E-state index is 13.0. The topological polar surface area (TPSA) is 61.9 Å². The number of amides is 2. The molecule has 6 nitrogen and oxygen atoms in total. The van der Waals surface area contributed by atoms with Crippen molar-refractivity contribution in [1.29, 1.82) is 0 Å². The lowest BCUT2D eigenvalue weighted by Gasteiger charge is -2.27. The SMILES string of the molecule is CCCCN1C(=O)c2cccc3c(NCCCCCCN4CCOCC4)ccc(c23)C1=O. The number of ether oxygens (including phenoxy) is 1. The van der Waals surface area contributed by atoms with E-state index in [1.54, 1.807) is 0 Å². The molecule has 1 N–H and O–H groups in total. The Bertz CT molecular complexity index is 930. The molecule has 2 amide bonds. The Hall–Kier alpha value is -2.44. The third-order valence-corrected chi connectivity index (χ3v) is 6.55. The predicted octanol–water partition coefficient (Wildman–Crippen LogP) is 4.54. The predicted molar refractivity (Wildman–Crippen MR) is 128 cm³/mol. The lowest BCUT2D eigenvalue weighted by molar-refractivity contribution is 0.0371. The first-order valence-electron chi connectivity index (χ1n) is 12.2. The molecule has 2 heterocycles. The van der Waals surface area contributed by atoms with Crippen LogP contribution >= 0.6 is 0 Å². The van der Waals surface area contributed by atoms with Crippen molar-refractivity contribution in [3.8, 4) is 0 Å². The lowest BCUT2D eigenvalue weighted by atomic mass is 9.93. The van der Waals surface area contributed by atoms with Crippen molar-refractivity contribution >= 4 is 28.3 Å². The Labute approximate surface area is 190 Å². The quantitative estimate of drug-likeness (QED) is 0.413. The second-order valence-electron chi connectivity index (χ2n) is 8.80. The highest BCUT2D eigenvalue weighted by Gasteiger charge is 2.32. The van der Waals surface area contributed by atoms with Crippen LogP contribution in [0.3, 0.4) is 0 Å². The van der Waals surface area contributed by atoms with Crippen molar-refractivity contribution in [2.45, 2.75) is 45.4 Å². The summed E-state index contributed by atoms with van der Waals surface area (Å²) in [6.45, 7) is 8.47. The lowest BCUT2D eigenvalue weighted by Crippen LogP contribution is -2.40. The van der Waals surface area contributed by atoms with E-state index in [9.17, 15) is 9.59 Å². The highest BCUT2D eigenvalue weighted by atomic mass is 16.5. The van der Waals surface area contributed by atoms with E-state index in [0.29, 0.717) is 17.7 Å². The second kappa shape index (κ2) is 10.9. The summed E-state index contributed by atoms with van der Waals surface area (Å²) in [5.74, 6) is -0.335. The van der Waals surface area contributed by atoms with Crippen LogP contribution in [0.25, 0.3) is 10.8 Å². The van der Waals surface area contributed by atoms with Crippen molar-refractivity contribution in [3.63, 3.8) is 0 Å². The Morgan fingerprint density at radius 2 is 1.62 bits per heavy atom. The van der Waals surface area contributed by atoms with Gasteiger partial charge in [0.2, 0.25) is 0 Å². The van der Waals surface area contributed by atoms with Crippen LogP contribution in [0.2, 0.25) is 0 Å². The number of unbranched alkanes of at least 4 members (excludes halogenated alkanes) is 4. The number of nitrogens with zero attached hydrogens (tertiary/aromatic N) is 2. The Balaban J connectivity index is 1.34. The zero-order valence-corrected chi connectivity index (χ0v) is 19.2. The van der Waals surface area contributed by atoms with Crippen LogP contribution in [0.15, 0.2) is 30.3 Å². The molecule has 0 saturated carbocycles. The number of imide groups is 1. The summed E-state index contributed by atoms with van der Waals surface area (Å²) >= 11 is 0. The molecule has 1 saturated heterocycles. The van der Waals surface area contributed by atoms with Crippen LogP contribution in [0.4, 0.5) is 5.69 Å². The van der Waals surface area contributed by atoms with Crippen LogP contribution < -0.4 is 5.32 Å². The summed E-state index contributed by atoms with van der Waals surface area (Å²) in [5.41, 5.74) is 2.28. The first-order valence-corrected chi connectivity index (χ1v) is 12.2. The Kier molecular flexibility index (Phi) is 7.76. The van der Waals surface area contributed by atoms with Crippen molar-refractivity contribution in [3.05, 3.63) is 41.5 Å². The number of carbonyl (C=O) groups is 2. The van der Waals surface area contributed by atoms with E-state index in [4.69, 9.17) is 4.74 Å². The van der Waals surface area contributed by atoms with E-state index in [2.05, 4.69) is 17.1 Å². The molecule has 4 rings (SSSR count). The smallest absolute Gasteiger partial charge is 0.261 e. The first-order chi connectivity index (χ1) is 15.7. The van der Waals surface area contributed by atoms with Crippen molar-refractivity contribution in [2.24, 2.45) is 0 Å².